The number of amides is 1. The Morgan fingerprint density at radius 1 is 1.16 bits per heavy atom. The van der Waals surface area contributed by atoms with E-state index in [1.165, 1.54) is 11.3 Å². The van der Waals surface area contributed by atoms with Crippen LogP contribution in [0.25, 0.3) is 10.9 Å². The topological polar surface area (TPSA) is 45.2 Å². The van der Waals surface area contributed by atoms with Crippen molar-refractivity contribution in [2.75, 3.05) is 16.8 Å². The zero-order chi connectivity index (χ0) is 17.2. The Morgan fingerprint density at radius 2 is 2.04 bits per heavy atom. The summed E-state index contributed by atoms with van der Waals surface area (Å²) in [5, 5.41) is 4.03. The number of nitrogens with one attached hydrogen (secondary N) is 1. The summed E-state index contributed by atoms with van der Waals surface area (Å²) in [4.78, 5) is 19.3. The number of nitrogens with zero attached hydrogens (tertiary/aromatic N) is 2. The molecule has 0 aliphatic carbocycles. The molecule has 3 aromatic rings. The molecule has 0 fully saturated rings. The van der Waals surface area contributed by atoms with E-state index >= 15 is 0 Å². The van der Waals surface area contributed by atoms with Crippen LogP contribution in [-0.2, 0) is 11.2 Å². The number of anilines is 2. The van der Waals surface area contributed by atoms with E-state index < -0.39 is 0 Å². The zero-order valence-electron chi connectivity index (χ0n) is 14.3. The Kier molecular flexibility index (Phi) is 4.10. The molecule has 0 spiro atoms. The highest BCUT2D eigenvalue weighted by Gasteiger charge is 2.24. The van der Waals surface area contributed by atoms with Crippen molar-refractivity contribution in [3.63, 3.8) is 0 Å². The Bertz CT molecular complexity index is 916. The van der Waals surface area contributed by atoms with Crippen LogP contribution in [0.5, 0.6) is 0 Å². The van der Waals surface area contributed by atoms with E-state index in [1.54, 1.807) is 6.20 Å². The first kappa shape index (κ1) is 15.6. The van der Waals surface area contributed by atoms with Gasteiger partial charge in [-0.1, -0.05) is 24.3 Å². The molecule has 1 aromatic heterocycles. The van der Waals surface area contributed by atoms with Crippen LogP contribution in [0.4, 0.5) is 11.4 Å². The van der Waals surface area contributed by atoms with Crippen LogP contribution in [0.3, 0.4) is 0 Å². The minimum atomic E-state index is -0.0000869. The van der Waals surface area contributed by atoms with Crippen molar-refractivity contribution >= 4 is 28.2 Å². The number of carbonyl (C=O) groups is 1. The summed E-state index contributed by atoms with van der Waals surface area (Å²) in [7, 11) is 0. The van der Waals surface area contributed by atoms with Crippen LogP contribution >= 0.6 is 0 Å². The lowest BCUT2D eigenvalue weighted by Crippen LogP contribution is -2.42. The molecule has 0 radical (unpaired) electrons. The first-order valence-corrected chi connectivity index (χ1v) is 8.70. The van der Waals surface area contributed by atoms with Crippen molar-refractivity contribution in [2.24, 2.45) is 0 Å². The van der Waals surface area contributed by atoms with Gasteiger partial charge in [0.1, 0.15) is 0 Å². The predicted molar refractivity (Wildman–Crippen MR) is 102 cm³/mol. The molecule has 0 bridgehead atoms. The predicted octanol–water partition coefficient (Wildman–Crippen LogP) is 4.01. The van der Waals surface area contributed by atoms with E-state index in [1.807, 2.05) is 36.4 Å². The molecule has 1 atom stereocenters. The van der Waals surface area contributed by atoms with Crippen molar-refractivity contribution in [3.8, 4) is 0 Å². The smallest absolute Gasteiger partial charge is 0.243 e. The molecular weight excluding hydrogens is 310 g/mol. The SMILES string of the molecule is C[C@H]1CCc2ccccc2N1CC(=O)Nc1cccc2ncccc12. The van der Waals surface area contributed by atoms with Gasteiger partial charge >= 0.3 is 0 Å². The molecular formula is C21H21N3O. The second kappa shape index (κ2) is 6.55. The highest BCUT2D eigenvalue weighted by Crippen LogP contribution is 2.30. The van der Waals surface area contributed by atoms with Crippen molar-refractivity contribution in [1.29, 1.82) is 0 Å². The van der Waals surface area contributed by atoms with Crippen molar-refractivity contribution < 1.29 is 4.79 Å². The van der Waals surface area contributed by atoms with Gasteiger partial charge in [0.2, 0.25) is 5.91 Å². The third-order valence-electron chi connectivity index (χ3n) is 4.90. The summed E-state index contributed by atoms with van der Waals surface area (Å²) in [6.07, 6.45) is 3.91. The monoisotopic (exact) mass is 331 g/mol. The number of pyridine rings is 1. The van der Waals surface area contributed by atoms with Gasteiger partial charge in [-0.2, -0.15) is 0 Å². The number of fused-ring (bicyclic) bond motifs is 2. The van der Waals surface area contributed by atoms with Crippen LogP contribution in [0.1, 0.15) is 18.9 Å². The van der Waals surface area contributed by atoms with Gasteiger partial charge < -0.3 is 10.2 Å². The summed E-state index contributed by atoms with van der Waals surface area (Å²) in [5.41, 5.74) is 4.20. The van der Waals surface area contributed by atoms with Crippen molar-refractivity contribution in [1.82, 2.24) is 4.98 Å². The summed E-state index contributed by atoms with van der Waals surface area (Å²) >= 11 is 0. The van der Waals surface area contributed by atoms with Gasteiger partial charge in [0.05, 0.1) is 17.7 Å². The number of para-hydroxylation sites is 1. The van der Waals surface area contributed by atoms with Crippen LogP contribution in [0.15, 0.2) is 60.8 Å². The van der Waals surface area contributed by atoms with Crippen LogP contribution < -0.4 is 10.2 Å². The number of rotatable bonds is 3. The standard InChI is InChI=1S/C21H21N3O/c1-15-11-12-16-6-2-3-10-20(16)24(15)14-21(25)23-19-9-4-8-18-17(19)7-5-13-22-18/h2-10,13,15H,11-12,14H2,1H3,(H,23,25)/t15-/m0/s1. The molecule has 25 heavy (non-hydrogen) atoms. The lowest BCUT2D eigenvalue weighted by molar-refractivity contribution is -0.115. The fourth-order valence-electron chi connectivity index (χ4n) is 3.56. The first-order valence-electron chi connectivity index (χ1n) is 8.70. The average molecular weight is 331 g/mol. The van der Waals surface area contributed by atoms with E-state index in [2.05, 4.69) is 40.3 Å². The molecule has 126 valence electrons. The fraction of sp³-hybridized carbons (Fsp3) is 0.238. The number of carbonyl (C=O) groups excluding carboxylic acids is 1. The van der Waals surface area contributed by atoms with Crippen LogP contribution in [-0.4, -0.2) is 23.5 Å². The maximum absolute atomic E-state index is 12.7. The summed E-state index contributed by atoms with van der Waals surface area (Å²) in [6, 6.07) is 18.4. The molecule has 4 rings (SSSR count). The molecule has 0 saturated heterocycles. The summed E-state index contributed by atoms with van der Waals surface area (Å²) < 4.78 is 0. The Balaban J connectivity index is 1.56. The average Bonchev–Trinajstić information content (AvgIpc) is 2.64. The van der Waals surface area contributed by atoms with Crippen LogP contribution in [0, 0.1) is 0 Å². The highest BCUT2D eigenvalue weighted by molar-refractivity contribution is 6.02. The van der Waals surface area contributed by atoms with Crippen LogP contribution in [0.2, 0.25) is 0 Å². The molecule has 0 unspecified atom stereocenters. The highest BCUT2D eigenvalue weighted by atomic mass is 16.2. The summed E-state index contributed by atoms with van der Waals surface area (Å²) in [6.45, 7) is 2.54. The molecule has 1 amide bonds. The van der Waals surface area contributed by atoms with E-state index in [9.17, 15) is 4.79 Å². The first-order chi connectivity index (χ1) is 12.2. The van der Waals surface area contributed by atoms with E-state index in [0.29, 0.717) is 12.6 Å². The third kappa shape index (κ3) is 3.07. The molecule has 2 aromatic carbocycles. The minimum Gasteiger partial charge on any atom is -0.359 e. The molecule has 2 heterocycles. The zero-order valence-corrected chi connectivity index (χ0v) is 14.3. The molecule has 4 nitrogen and oxygen atoms in total. The number of aromatic nitrogens is 1. The van der Waals surface area contributed by atoms with Gasteiger partial charge in [-0.3, -0.25) is 9.78 Å². The Hall–Kier alpha value is -2.88. The van der Waals surface area contributed by atoms with Gasteiger partial charge in [0.25, 0.3) is 0 Å². The fourth-order valence-corrected chi connectivity index (χ4v) is 3.56. The molecule has 1 aliphatic heterocycles. The normalized spacial score (nSPS) is 16.5. The molecule has 4 heteroatoms. The van der Waals surface area contributed by atoms with Gasteiger partial charge in [0.15, 0.2) is 0 Å². The Labute approximate surface area is 147 Å². The molecule has 1 aliphatic rings. The van der Waals surface area contributed by atoms with E-state index in [0.717, 1.165) is 29.4 Å². The van der Waals surface area contributed by atoms with Gasteiger partial charge in [-0.25, -0.2) is 0 Å². The molecule has 1 N–H and O–H groups in total. The van der Waals surface area contributed by atoms with Crippen molar-refractivity contribution in [2.45, 2.75) is 25.8 Å². The van der Waals surface area contributed by atoms with Crippen molar-refractivity contribution in [3.05, 3.63) is 66.4 Å². The van der Waals surface area contributed by atoms with Gasteiger partial charge in [-0.05, 0) is 55.7 Å². The third-order valence-corrected chi connectivity index (χ3v) is 4.90. The number of hydrogen-bond donors (Lipinski definition) is 1. The lowest BCUT2D eigenvalue weighted by Gasteiger charge is -2.36. The van der Waals surface area contributed by atoms with E-state index in [4.69, 9.17) is 0 Å². The lowest BCUT2D eigenvalue weighted by atomic mass is 9.96. The van der Waals surface area contributed by atoms with Gasteiger partial charge in [0, 0.05) is 23.3 Å². The second-order valence-electron chi connectivity index (χ2n) is 6.57. The minimum absolute atomic E-state index is 0.0000869. The second-order valence-corrected chi connectivity index (χ2v) is 6.57. The maximum atomic E-state index is 12.7. The largest absolute Gasteiger partial charge is 0.359 e. The summed E-state index contributed by atoms with van der Waals surface area (Å²) in [5.74, 6) is -0.0000869. The molecule has 0 saturated carbocycles. The van der Waals surface area contributed by atoms with Gasteiger partial charge in [-0.15, -0.1) is 0 Å². The number of hydrogen-bond acceptors (Lipinski definition) is 3. The Morgan fingerprint density at radius 3 is 2.96 bits per heavy atom. The number of aryl methyl sites for hydroxylation is 1. The maximum Gasteiger partial charge on any atom is 0.243 e. The number of benzene rings is 2. The quantitative estimate of drug-likeness (QED) is 0.788. The van der Waals surface area contributed by atoms with E-state index in [-0.39, 0.29) is 5.91 Å².